The summed E-state index contributed by atoms with van der Waals surface area (Å²) in [5.74, 6) is -1.77. The molecule has 0 fully saturated rings. The van der Waals surface area contributed by atoms with Gasteiger partial charge in [0.05, 0.1) is 5.02 Å². The van der Waals surface area contributed by atoms with Crippen LogP contribution < -0.4 is 5.73 Å². The summed E-state index contributed by atoms with van der Waals surface area (Å²) in [4.78, 5) is 0. The van der Waals surface area contributed by atoms with Gasteiger partial charge in [-0.05, 0) is 36.1 Å². The Morgan fingerprint density at radius 2 is 1.65 bits per heavy atom. The Bertz CT molecular complexity index is 616. The van der Waals surface area contributed by atoms with E-state index in [0.29, 0.717) is 17.5 Å². The van der Waals surface area contributed by atoms with Crippen LogP contribution in [-0.2, 0) is 12.8 Å². The second kappa shape index (κ2) is 6.29. The molecule has 0 aliphatic heterocycles. The van der Waals surface area contributed by atoms with E-state index in [4.69, 9.17) is 17.3 Å². The highest BCUT2D eigenvalue weighted by Crippen LogP contribution is 2.21. The van der Waals surface area contributed by atoms with Crippen LogP contribution in [0.5, 0.6) is 0 Å². The molecular weight excluding hydrogens is 287 g/mol. The molecule has 0 aromatic heterocycles. The largest absolute Gasteiger partial charge is 0.327 e. The summed E-state index contributed by atoms with van der Waals surface area (Å²) in [5, 5.41) is 0.0301. The topological polar surface area (TPSA) is 26.0 Å². The summed E-state index contributed by atoms with van der Waals surface area (Å²) < 4.78 is 39.6. The van der Waals surface area contributed by atoms with Crippen LogP contribution in [0.1, 0.15) is 11.1 Å². The van der Waals surface area contributed by atoms with Gasteiger partial charge < -0.3 is 5.73 Å². The highest BCUT2D eigenvalue weighted by molar-refractivity contribution is 6.31. The Morgan fingerprint density at radius 1 is 0.950 bits per heavy atom. The molecule has 1 nitrogen and oxygen atoms in total. The minimum atomic E-state index is -0.634. The Balaban J connectivity index is 2.09. The van der Waals surface area contributed by atoms with Crippen LogP contribution in [0, 0.1) is 17.5 Å². The van der Waals surface area contributed by atoms with Crippen LogP contribution in [0.4, 0.5) is 13.2 Å². The maximum absolute atomic E-state index is 13.5. The van der Waals surface area contributed by atoms with E-state index in [9.17, 15) is 13.2 Å². The third-order valence-electron chi connectivity index (χ3n) is 3.01. The zero-order valence-electron chi connectivity index (χ0n) is 10.5. The molecule has 2 rings (SSSR count). The van der Waals surface area contributed by atoms with Crippen LogP contribution in [0.3, 0.4) is 0 Å². The average molecular weight is 300 g/mol. The lowest BCUT2D eigenvalue weighted by molar-refractivity contribution is 0.557. The number of benzene rings is 2. The van der Waals surface area contributed by atoms with Crippen LogP contribution in [0.2, 0.25) is 5.02 Å². The molecule has 0 amide bonds. The van der Waals surface area contributed by atoms with Gasteiger partial charge in [0.25, 0.3) is 0 Å². The third-order valence-corrected chi connectivity index (χ3v) is 3.43. The van der Waals surface area contributed by atoms with Crippen molar-refractivity contribution in [2.75, 3.05) is 0 Å². The number of halogens is 4. The first-order valence-electron chi connectivity index (χ1n) is 6.09. The molecule has 5 heteroatoms. The van der Waals surface area contributed by atoms with Crippen LogP contribution in [-0.4, -0.2) is 6.04 Å². The van der Waals surface area contributed by atoms with Crippen molar-refractivity contribution in [3.8, 4) is 0 Å². The van der Waals surface area contributed by atoms with Crippen LogP contribution in [0.25, 0.3) is 0 Å². The summed E-state index contributed by atoms with van der Waals surface area (Å²) in [6, 6.07) is 7.40. The minimum Gasteiger partial charge on any atom is -0.327 e. The summed E-state index contributed by atoms with van der Waals surface area (Å²) in [6.07, 6.45) is 0.534. The van der Waals surface area contributed by atoms with E-state index in [-0.39, 0.29) is 11.4 Å². The molecule has 0 saturated carbocycles. The van der Waals surface area contributed by atoms with Gasteiger partial charge >= 0.3 is 0 Å². The zero-order chi connectivity index (χ0) is 14.7. The molecule has 106 valence electrons. The summed E-state index contributed by atoms with van der Waals surface area (Å²) in [7, 11) is 0. The Labute approximate surface area is 120 Å². The van der Waals surface area contributed by atoms with Crippen molar-refractivity contribution < 1.29 is 13.2 Å². The van der Waals surface area contributed by atoms with Crippen LogP contribution in [0.15, 0.2) is 36.4 Å². The zero-order valence-corrected chi connectivity index (χ0v) is 11.3. The van der Waals surface area contributed by atoms with Crippen molar-refractivity contribution >= 4 is 11.6 Å². The summed E-state index contributed by atoms with van der Waals surface area (Å²) >= 11 is 5.84. The molecule has 0 spiro atoms. The average Bonchev–Trinajstić information content (AvgIpc) is 2.38. The number of rotatable bonds is 4. The van der Waals surface area contributed by atoms with Crippen molar-refractivity contribution in [1.82, 2.24) is 0 Å². The first-order valence-corrected chi connectivity index (χ1v) is 6.47. The third kappa shape index (κ3) is 3.52. The van der Waals surface area contributed by atoms with E-state index in [2.05, 4.69) is 0 Å². The fourth-order valence-electron chi connectivity index (χ4n) is 2.03. The molecule has 0 heterocycles. The van der Waals surface area contributed by atoms with Crippen molar-refractivity contribution in [3.05, 3.63) is 70.0 Å². The van der Waals surface area contributed by atoms with Crippen molar-refractivity contribution in [2.24, 2.45) is 5.73 Å². The maximum Gasteiger partial charge on any atom is 0.142 e. The van der Waals surface area contributed by atoms with Crippen molar-refractivity contribution in [1.29, 1.82) is 0 Å². The van der Waals surface area contributed by atoms with E-state index in [1.165, 1.54) is 18.2 Å². The fraction of sp³-hybridized carbons (Fsp3) is 0.200. The Kier molecular flexibility index (Phi) is 4.68. The number of hydrogen-bond acceptors (Lipinski definition) is 1. The molecule has 0 radical (unpaired) electrons. The van der Waals surface area contributed by atoms with Crippen LogP contribution >= 0.6 is 11.6 Å². The predicted molar refractivity (Wildman–Crippen MR) is 73.2 cm³/mol. The van der Waals surface area contributed by atoms with Gasteiger partial charge in [-0.3, -0.25) is 0 Å². The van der Waals surface area contributed by atoms with Gasteiger partial charge in [0.1, 0.15) is 17.5 Å². The molecular formula is C15H13ClF3N. The van der Waals surface area contributed by atoms with Gasteiger partial charge in [-0.25, -0.2) is 13.2 Å². The monoisotopic (exact) mass is 299 g/mol. The van der Waals surface area contributed by atoms with E-state index in [1.54, 1.807) is 12.1 Å². The molecule has 2 N–H and O–H groups in total. The van der Waals surface area contributed by atoms with E-state index in [0.717, 1.165) is 6.07 Å². The molecule has 2 aromatic rings. The van der Waals surface area contributed by atoms with Gasteiger partial charge in [-0.2, -0.15) is 0 Å². The quantitative estimate of drug-likeness (QED) is 0.911. The second-order valence-electron chi connectivity index (χ2n) is 4.62. The Hall–Kier alpha value is -1.52. The molecule has 20 heavy (non-hydrogen) atoms. The normalized spacial score (nSPS) is 12.4. The summed E-state index contributed by atoms with van der Waals surface area (Å²) in [5.41, 5.74) is 6.82. The van der Waals surface area contributed by atoms with Crippen molar-refractivity contribution in [3.63, 3.8) is 0 Å². The molecule has 1 atom stereocenters. The lowest BCUT2D eigenvalue weighted by Gasteiger charge is -2.13. The van der Waals surface area contributed by atoms with Gasteiger partial charge in [0.2, 0.25) is 0 Å². The molecule has 1 unspecified atom stereocenters. The summed E-state index contributed by atoms with van der Waals surface area (Å²) in [6.45, 7) is 0. The van der Waals surface area contributed by atoms with Gasteiger partial charge in [-0.1, -0.05) is 29.8 Å². The number of hydrogen-bond donors (Lipinski definition) is 1. The smallest absolute Gasteiger partial charge is 0.142 e. The first-order chi connectivity index (χ1) is 9.47. The lowest BCUT2D eigenvalue weighted by Crippen LogP contribution is -2.26. The highest BCUT2D eigenvalue weighted by Gasteiger charge is 2.13. The van der Waals surface area contributed by atoms with Gasteiger partial charge in [-0.15, -0.1) is 0 Å². The molecule has 0 aliphatic carbocycles. The fourth-order valence-corrected chi connectivity index (χ4v) is 2.23. The lowest BCUT2D eigenvalue weighted by atomic mass is 9.99. The molecule has 0 saturated heterocycles. The van der Waals surface area contributed by atoms with Crippen molar-refractivity contribution in [2.45, 2.75) is 18.9 Å². The molecule has 2 aromatic carbocycles. The van der Waals surface area contributed by atoms with E-state index < -0.39 is 23.5 Å². The molecule has 0 bridgehead atoms. The SMILES string of the molecule is NC(Cc1ccc(F)cc1F)Cc1cccc(F)c1Cl. The van der Waals surface area contributed by atoms with Gasteiger partial charge in [0.15, 0.2) is 0 Å². The number of nitrogens with two attached hydrogens (primary N) is 1. The highest BCUT2D eigenvalue weighted by atomic mass is 35.5. The van der Waals surface area contributed by atoms with E-state index in [1.807, 2.05) is 0 Å². The first kappa shape index (κ1) is 14.9. The Morgan fingerprint density at radius 3 is 2.35 bits per heavy atom. The minimum absolute atomic E-state index is 0.0301. The second-order valence-corrected chi connectivity index (χ2v) is 4.99. The van der Waals surface area contributed by atoms with E-state index >= 15 is 0 Å². The predicted octanol–water partition coefficient (Wildman–Crippen LogP) is 3.87. The maximum atomic E-state index is 13.5. The van der Waals surface area contributed by atoms with Gasteiger partial charge in [0, 0.05) is 12.1 Å². The standard InChI is InChI=1S/C15H13ClF3N/c16-15-10(2-1-3-13(15)18)7-12(20)6-9-4-5-11(17)8-14(9)19/h1-5,8,12H,6-7,20H2. The molecule has 0 aliphatic rings.